The smallest absolute Gasteiger partial charge is 0.349 e. The molecule has 0 spiro atoms. The minimum absolute atomic E-state index is 0. The average molecular weight is 567 g/mol. The highest BCUT2D eigenvalue weighted by molar-refractivity contribution is 7.90. The zero-order valence-corrected chi connectivity index (χ0v) is 22.2. The molecule has 0 saturated carbocycles. The zero-order chi connectivity index (χ0) is 28.7. The first-order valence-electron chi connectivity index (χ1n) is 11.4. The van der Waals surface area contributed by atoms with Gasteiger partial charge in [0.1, 0.15) is 15.8 Å². The fourth-order valence-electron chi connectivity index (χ4n) is 3.64. The van der Waals surface area contributed by atoms with Crippen molar-refractivity contribution in [3.8, 4) is 0 Å². The third-order valence-corrected chi connectivity index (χ3v) is 6.24. The minimum Gasteiger partial charge on any atom is -0.349 e. The van der Waals surface area contributed by atoms with Crippen molar-refractivity contribution in [2.75, 3.05) is 17.3 Å². The molecule has 0 fully saturated rings. The van der Waals surface area contributed by atoms with Gasteiger partial charge in [0.05, 0.1) is 16.9 Å². The molecule has 0 saturated heterocycles. The number of carbonyl (C=O) groups is 2. The molecule has 0 heterocycles. The molecular weight excluding hydrogens is 531 g/mol. The van der Waals surface area contributed by atoms with Crippen LogP contribution in [0.1, 0.15) is 71.5 Å². The number of halogens is 5. The van der Waals surface area contributed by atoms with Crippen molar-refractivity contribution in [3.05, 3.63) is 64.2 Å². The monoisotopic (exact) mass is 566 g/mol. The van der Waals surface area contributed by atoms with Crippen molar-refractivity contribution in [1.29, 1.82) is 0 Å². The summed E-state index contributed by atoms with van der Waals surface area (Å²) < 4.78 is 88.1. The second-order valence-electron chi connectivity index (χ2n) is 8.35. The summed E-state index contributed by atoms with van der Waals surface area (Å²) in [7, 11) is -3.37. The molecule has 2 N–H and O–H groups in total. The average Bonchev–Trinajstić information content (AvgIpc) is 2.74. The van der Waals surface area contributed by atoms with E-state index in [1.54, 1.807) is 13.0 Å². The second kappa shape index (κ2) is 14.2. The van der Waals surface area contributed by atoms with Crippen LogP contribution < -0.4 is 10.6 Å². The summed E-state index contributed by atoms with van der Waals surface area (Å²) in [5, 5.41) is 5.02. The SMILES string of the molecule is C.CC.Cc1cc(C(C(F)F)C(F)(F)F)ccc1NC(=O)c1cccc(C)c1C(=O)NC(C)CS(C)(=O)=O. The van der Waals surface area contributed by atoms with E-state index in [0.29, 0.717) is 5.56 Å². The van der Waals surface area contributed by atoms with Crippen LogP contribution in [-0.4, -0.2) is 50.9 Å². The summed E-state index contributed by atoms with van der Waals surface area (Å²) in [5.41, 5.74) is -0.0802. The van der Waals surface area contributed by atoms with Crippen LogP contribution in [0.3, 0.4) is 0 Å². The lowest BCUT2D eigenvalue weighted by molar-refractivity contribution is -0.178. The molecule has 6 nitrogen and oxygen atoms in total. The molecule has 2 amide bonds. The standard InChI is InChI=1S/C23H25F5N2O4S.C2H6.CH4/c1-12-6-5-7-16(18(12)22(32)29-14(3)11-35(4,33)34)21(31)30-17-9-8-15(10-13(17)2)19(20(24)25)23(26,27)28;1-2;/h5-10,14,19-20H,11H2,1-4H3,(H,29,32)(H,30,31);1-2H3;1H4. The van der Waals surface area contributed by atoms with Gasteiger partial charge in [0.15, 0.2) is 0 Å². The molecule has 2 rings (SSSR count). The van der Waals surface area contributed by atoms with Gasteiger partial charge in [-0.05, 0) is 49.6 Å². The Morgan fingerprint density at radius 1 is 0.974 bits per heavy atom. The van der Waals surface area contributed by atoms with Gasteiger partial charge < -0.3 is 10.6 Å². The van der Waals surface area contributed by atoms with Gasteiger partial charge in [0.25, 0.3) is 18.2 Å². The molecule has 0 radical (unpaired) electrons. The van der Waals surface area contributed by atoms with Gasteiger partial charge in [0, 0.05) is 18.0 Å². The van der Waals surface area contributed by atoms with E-state index >= 15 is 0 Å². The van der Waals surface area contributed by atoms with Crippen molar-refractivity contribution in [3.63, 3.8) is 0 Å². The molecule has 0 aromatic heterocycles. The van der Waals surface area contributed by atoms with Crippen LogP contribution in [-0.2, 0) is 9.84 Å². The van der Waals surface area contributed by atoms with E-state index in [-0.39, 0.29) is 35.6 Å². The van der Waals surface area contributed by atoms with Crippen LogP contribution in [0.25, 0.3) is 0 Å². The zero-order valence-electron chi connectivity index (χ0n) is 21.3. The van der Waals surface area contributed by atoms with Crippen LogP contribution in [0.2, 0.25) is 0 Å². The second-order valence-corrected chi connectivity index (χ2v) is 10.5. The van der Waals surface area contributed by atoms with Gasteiger partial charge in [0.2, 0.25) is 0 Å². The number of alkyl halides is 5. The number of hydrogen-bond donors (Lipinski definition) is 2. The van der Waals surface area contributed by atoms with Crippen LogP contribution in [0.5, 0.6) is 0 Å². The first kappa shape index (κ1) is 35.0. The topological polar surface area (TPSA) is 92.3 Å². The predicted molar refractivity (Wildman–Crippen MR) is 140 cm³/mol. The van der Waals surface area contributed by atoms with Gasteiger partial charge in [-0.15, -0.1) is 0 Å². The quantitative estimate of drug-likeness (QED) is 0.367. The Balaban J connectivity index is 0.00000445. The highest BCUT2D eigenvalue weighted by Crippen LogP contribution is 2.40. The molecule has 0 aliphatic carbocycles. The third-order valence-electron chi connectivity index (χ3n) is 5.14. The molecule has 2 unspecified atom stereocenters. The number of hydrogen-bond acceptors (Lipinski definition) is 4. The van der Waals surface area contributed by atoms with Crippen molar-refractivity contribution >= 4 is 27.3 Å². The predicted octanol–water partition coefficient (Wildman–Crippen LogP) is 6.29. The third kappa shape index (κ3) is 9.70. The first-order valence-corrected chi connectivity index (χ1v) is 13.4. The molecular formula is C26H35F5N2O4S. The fourth-order valence-corrected chi connectivity index (χ4v) is 4.63. The van der Waals surface area contributed by atoms with Crippen molar-refractivity contribution in [2.24, 2.45) is 0 Å². The maximum absolute atomic E-state index is 13.0. The minimum atomic E-state index is -5.15. The molecule has 214 valence electrons. The molecule has 12 heteroatoms. The van der Waals surface area contributed by atoms with Crippen LogP contribution in [0.15, 0.2) is 36.4 Å². The van der Waals surface area contributed by atoms with Crippen molar-refractivity contribution < 1.29 is 40.0 Å². The summed E-state index contributed by atoms with van der Waals surface area (Å²) in [5.74, 6) is -4.71. The van der Waals surface area contributed by atoms with Crippen molar-refractivity contribution in [1.82, 2.24) is 5.32 Å². The highest BCUT2D eigenvalue weighted by Gasteiger charge is 2.47. The molecule has 2 atom stereocenters. The maximum atomic E-state index is 13.0. The Kier molecular flexibility index (Phi) is 13.1. The molecule has 0 aliphatic heterocycles. The summed E-state index contributed by atoms with van der Waals surface area (Å²) >= 11 is 0. The van der Waals surface area contributed by atoms with E-state index in [1.807, 2.05) is 13.8 Å². The largest absolute Gasteiger partial charge is 0.401 e. The lowest BCUT2D eigenvalue weighted by Crippen LogP contribution is -2.38. The van der Waals surface area contributed by atoms with Gasteiger partial charge >= 0.3 is 6.18 Å². The van der Waals surface area contributed by atoms with E-state index in [1.165, 1.54) is 26.0 Å². The summed E-state index contributed by atoms with van der Waals surface area (Å²) in [6.07, 6.45) is -7.79. The Labute approximate surface area is 220 Å². The van der Waals surface area contributed by atoms with Gasteiger partial charge in [-0.3, -0.25) is 9.59 Å². The van der Waals surface area contributed by atoms with E-state index in [2.05, 4.69) is 10.6 Å². The molecule has 0 bridgehead atoms. The summed E-state index contributed by atoms with van der Waals surface area (Å²) in [4.78, 5) is 25.8. The lowest BCUT2D eigenvalue weighted by atomic mass is 9.96. The number of benzene rings is 2. The number of rotatable bonds is 8. The lowest BCUT2D eigenvalue weighted by Gasteiger charge is -2.21. The fraction of sp³-hybridized carbons (Fsp3) is 0.462. The van der Waals surface area contributed by atoms with Gasteiger partial charge in [-0.25, -0.2) is 17.2 Å². The number of anilines is 1. The van der Waals surface area contributed by atoms with Gasteiger partial charge in [-0.1, -0.05) is 45.5 Å². The highest BCUT2D eigenvalue weighted by atomic mass is 32.2. The molecule has 0 aliphatic rings. The van der Waals surface area contributed by atoms with E-state index < -0.39 is 51.8 Å². The number of amides is 2. The van der Waals surface area contributed by atoms with Crippen molar-refractivity contribution in [2.45, 2.75) is 66.6 Å². The van der Waals surface area contributed by atoms with Crippen LogP contribution in [0.4, 0.5) is 27.6 Å². The maximum Gasteiger partial charge on any atom is 0.401 e. The summed E-state index contributed by atoms with van der Waals surface area (Å²) in [6.45, 7) is 8.43. The number of nitrogens with one attached hydrogen (secondary N) is 2. The van der Waals surface area contributed by atoms with Crippen LogP contribution in [0, 0.1) is 13.8 Å². The Hall–Kier alpha value is -3.02. The normalized spacial score (nSPS) is 12.9. The first-order chi connectivity index (χ1) is 17.0. The Bertz CT molecular complexity index is 1210. The Morgan fingerprint density at radius 3 is 2.03 bits per heavy atom. The number of carbonyl (C=O) groups excluding carboxylic acids is 2. The number of sulfone groups is 1. The molecule has 2 aromatic rings. The summed E-state index contributed by atoms with van der Waals surface area (Å²) in [6, 6.07) is 6.60. The molecule has 2 aromatic carbocycles. The number of aryl methyl sites for hydroxylation is 2. The van der Waals surface area contributed by atoms with E-state index in [0.717, 1.165) is 24.5 Å². The van der Waals surface area contributed by atoms with Crippen LogP contribution >= 0.6 is 0 Å². The van der Waals surface area contributed by atoms with E-state index in [4.69, 9.17) is 0 Å². The van der Waals surface area contributed by atoms with Gasteiger partial charge in [-0.2, -0.15) is 13.2 Å². The van der Waals surface area contributed by atoms with E-state index in [9.17, 15) is 40.0 Å². The molecule has 38 heavy (non-hydrogen) atoms. The Morgan fingerprint density at radius 2 is 1.55 bits per heavy atom.